The van der Waals surface area contributed by atoms with Gasteiger partial charge in [-0.15, -0.1) is 0 Å². The maximum atomic E-state index is 10.6. The van der Waals surface area contributed by atoms with Gasteiger partial charge >= 0.3 is 5.97 Å². The third kappa shape index (κ3) is 2.42. The second-order valence-corrected chi connectivity index (χ2v) is 4.57. The molecule has 1 aliphatic rings. The molecule has 1 aromatic carbocycles. The monoisotopic (exact) mass is 219 g/mol. The molecule has 0 saturated carbocycles. The number of carbonyl (C=O) groups is 1. The van der Waals surface area contributed by atoms with Crippen molar-refractivity contribution in [2.24, 2.45) is 11.7 Å². The van der Waals surface area contributed by atoms with E-state index in [0.717, 1.165) is 19.3 Å². The van der Waals surface area contributed by atoms with E-state index in [9.17, 15) is 4.79 Å². The number of benzene rings is 1. The first-order chi connectivity index (χ1) is 7.66. The van der Waals surface area contributed by atoms with Gasteiger partial charge in [0.1, 0.15) is 6.04 Å². The van der Waals surface area contributed by atoms with Crippen LogP contribution in [0.1, 0.15) is 24.0 Å². The average molecular weight is 219 g/mol. The number of hydrogen-bond acceptors (Lipinski definition) is 2. The van der Waals surface area contributed by atoms with Crippen molar-refractivity contribution in [1.29, 1.82) is 0 Å². The van der Waals surface area contributed by atoms with Crippen molar-refractivity contribution >= 4 is 5.97 Å². The molecule has 1 unspecified atom stereocenters. The smallest absolute Gasteiger partial charge is 0.320 e. The molecular formula is C13H17NO2. The topological polar surface area (TPSA) is 63.3 Å². The third-order valence-corrected chi connectivity index (χ3v) is 3.34. The van der Waals surface area contributed by atoms with Gasteiger partial charge in [0.2, 0.25) is 0 Å². The van der Waals surface area contributed by atoms with Crippen LogP contribution in [0.25, 0.3) is 0 Å². The van der Waals surface area contributed by atoms with Crippen LogP contribution in [0.5, 0.6) is 0 Å². The highest BCUT2D eigenvalue weighted by atomic mass is 16.4. The highest BCUT2D eigenvalue weighted by Crippen LogP contribution is 2.29. The zero-order valence-electron chi connectivity index (χ0n) is 9.23. The summed E-state index contributed by atoms with van der Waals surface area (Å²) in [6.45, 7) is 0. The molecule has 3 heteroatoms. The van der Waals surface area contributed by atoms with Gasteiger partial charge in [0.05, 0.1) is 0 Å². The summed E-state index contributed by atoms with van der Waals surface area (Å²) in [4.78, 5) is 10.6. The molecule has 0 bridgehead atoms. The fourth-order valence-corrected chi connectivity index (χ4v) is 2.39. The van der Waals surface area contributed by atoms with Crippen LogP contribution in [-0.4, -0.2) is 17.1 Å². The third-order valence-electron chi connectivity index (χ3n) is 3.34. The van der Waals surface area contributed by atoms with E-state index in [2.05, 4.69) is 24.3 Å². The molecule has 3 N–H and O–H groups in total. The van der Waals surface area contributed by atoms with E-state index < -0.39 is 12.0 Å². The molecule has 0 saturated heterocycles. The maximum Gasteiger partial charge on any atom is 0.320 e. The van der Waals surface area contributed by atoms with Crippen LogP contribution in [0.4, 0.5) is 0 Å². The molecule has 0 aliphatic heterocycles. The highest BCUT2D eigenvalue weighted by Gasteiger charge is 2.22. The van der Waals surface area contributed by atoms with Gasteiger partial charge in [-0.05, 0) is 42.7 Å². The number of hydrogen-bond donors (Lipinski definition) is 2. The van der Waals surface area contributed by atoms with E-state index in [1.54, 1.807) is 0 Å². The van der Waals surface area contributed by atoms with Gasteiger partial charge in [-0.25, -0.2) is 0 Å². The van der Waals surface area contributed by atoms with Gasteiger partial charge in [-0.1, -0.05) is 24.3 Å². The molecule has 0 spiro atoms. The molecule has 1 atom stereocenters. The van der Waals surface area contributed by atoms with Crippen molar-refractivity contribution in [2.75, 3.05) is 0 Å². The molecule has 0 heterocycles. The van der Waals surface area contributed by atoms with Crippen molar-refractivity contribution in [2.45, 2.75) is 31.7 Å². The minimum absolute atomic E-state index is 0.572. The van der Waals surface area contributed by atoms with Crippen LogP contribution in [0.2, 0.25) is 0 Å². The molecule has 3 nitrogen and oxygen atoms in total. The SMILES string of the molecule is NC(CCC1Cc2ccccc2C1)C(=O)O. The summed E-state index contributed by atoms with van der Waals surface area (Å²) >= 11 is 0. The van der Waals surface area contributed by atoms with Crippen LogP contribution in [0.15, 0.2) is 24.3 Å². The van der Waals surface area contributed by atoms with Crippen LogP contribution in [0.3, 0.4) is 0 Å². The van der Waals surface area contributed by atoms with E-state index in [1.807, 2.05) is 0 Å². The highest BCUT2D eigenvalue weighted by molar-refractivity contribution is 5.72. The quantitative estimate of drug-likeness (QED) is 0.808. The Morgan fingerprint density at radius 3 is 2.44 bits per heavy atom. The Balaban J connectivity index is 1.86. The van der Waals surface area contributed by atoms with E-state index in [0.29, 0.717) is 12.3 Å². The Hall–Kier alpha value is -1.35. The molecule has 2 rings (SSSR count). The lowest BCUT2D eigenvalue weighted by Crippen LogP contribution is -2.30. The lowest BCUT2D eigenvalue weighted by molar-refractivity contribution is -0.138. The Labute approximate surface area is 95.3 Å². The summed E-state index contributed by atoms with van der Waals surface area (Å²) in [6, 6.07) is 7.73. The van der Waals surface area contributed by atoms with Crippen LogP contribution in [-0.2, 0) is 17.6 Å². The minimum Gasteiger partial charge on any atom is -0.480 e. The minimum atomic E-state index is -0.893. The summed E-state index contributed by atoms with van der Waals surface area (Å²) in [5.74, 6) is -0.321. The van der Waals surface area contributed by atoms with Gasteiger partial charge in [-0.3, -0.25) is 4.79 Å². The Morgan fingerprint density at radius 2 is 1.94 bits per heavy atom. The number of rotatable bonds is 4. The second-order valence-electron chi connectivity index (χ2n) is 4.57. The Bertz CT molecular complexity index is 364. The van der Waals surface area contributed by atoms with Crippen LogP contribution < -0.4 is 5.73 Å². The lowest BCUT2D eigenvalue weighted by Gasteiger charge is -2.10. The average Bonchev–Trinajstić information content (AvgIpc) is 2.68. The number of carboxylic acids is 1. The van der Waals surface area contributed by atoms with Crippen molar-refractivity contribution in [1.82, 2.24) is 0 Å². The second kappa shape index (κ2) is 4.66. The standard InChI is InChI=1S/C13H17NO2/c14-12(13(15)16)6-5-9-7-10-3-1-2-4-11(10)8-9/h1-4,9,12H,5-8,14H2,(H,15,16). The van der Waals surface area contributed by atoms with E-state index >= 15 is 0 Å². The van der Waals surface area contributed by atoms with Crippen molar-refractivity contribution in [3.63, 3.8) is 0 Å². The van der Waals surface area contributed by atoms with Crippen molar-refractivity contribution in [3.05, 3.63) is 35.4 Å². The Morgan fingerprint density at radius 1 is 1.38 bits per heavy atom. The summed E-state index contributed by atoms with van der Waals surface area (Å²) in [5, 5.41) is 8.70. The largest absolute Gasteiger partial charge is 0.480 e. The molecular weight excluding hydrogens is 202 g/mol. The lowest BCUT2D eigenvalue weighted by atomic mass is 9.97. The molecule has 1 aliphatic carbocycles. The van der Waals surface area contributed by atoms with E-state index in [-0.39, 0.29) is 0 Å². The predicted molar refractivity (Wildman–Crippen MR) is 62.2 cm³/mol. The summed E-state index contributed by atoms with van der Waals surface area (Å²) in [5.41, 5.74) is 8.33. The molecule has 0 fully saturated rings. The van der Waals surface area contributed by atoms with Gasteiger partial charge in [0.25, 0.3) is 0 Å². The fourth-order valence-electron chi connectivity index (χ4n) is 2.39. The first-order valence-electron chi connectivity index (χ1n) is 5.72. The molecule has 0 aromatic heterocycles. The molecule has 16 heavy (non-hydrogen) atoms. The summed E-state index contributed by atoms with van der Waals surface area (Å²) in [7, 11) is 0. The first kappa shape index (κ1) is 11.1. The Kier molecular flexibility index (Phi) is 3.25. The molecule has 0 amide bonds. The van der Waals surface area contributed by atoms with Crippen molar-refractivity contribution in [3.8, 4) is 0 Å². The predicted octanol–water partition coefficient (Wildman–Crippen LogP) is 1.59. The summed E-state index contributed by atoms with van der Waals surface area (Å²) < 4.78 is 0. The summed E-state index contributed by atoms with van der Waals surface area (Å²) in [6.07, 6.45) is 3.63. The van der Waals surface area contributed by atoms with Crippen molar-refractivity contribution < 1.29 is 9.90 Å². The number of fused-ring (bicyclic) bond motifs is 1. The van der Waals surface area contributed by atoms with Crippen LogP contribution >= 0.6 is 0 Å². The zero-order valence-corrected chi connectivity index (χ0v) is 9.23. The van der Waals surface area contributed by atoms with Gasteiger partial charge < -0.3 is 10.8 Å². The number of nitrogens with two attached hydrogens (primary N) is 1. The van der Waals surface area contributed by atoms with E-state index in [4.69, 9.17) is 10.8 Å². The normalized spacial score (nSPS) is 17.1. The number of carboxylic acid groups (broad SMARTS) is 1. The van der Waals surface area contributed by atoms with Crippen LogP contribution in [0, 0.1) is 5.92 Å². The number of aliphatic carboxylic acids is 1. The van der Waals surface area contributed by atoms with Gasteiger partial charge in [-0.2, -0.15) is 0 Å². The first-order valence-corrected chi connectivity index (χ1v) is 5.72. The maximum absolute atomic E-state index is 10.6. The van der Waals surface area contributed by atoms with Gasteiger partial charge in [0, 0.05) is 0 Å². The van der Waals surface area contributed by atoms with Gasteiger partial charge in [0.15, 0.2) is 0 Å². The molecule has 0 radical (unpaired) electrons. The molecule has 86 valence electrons. The van der Waals surface area contributed by atoms with E-state index in [1.165, 1.54) is 11.1 Å². The molecule has 1 aromatic rings. The zero-order chi connectivity index (χ0) is 11.5. The fraction of sp³-hybridized carbons (Fsp3) is 0.462.